The summed E-state index contributed by atoms with van der Waals surface area (Å²) in [4.78, 5) is 14.5. The average molecular weight is 397 g/mol. The molecular weight excluding hydrogens is 372 g/mol. The second kappa shape index (κ2) is 8.93. The number of rotatable bonds is 7. The number of anilines is 1. The molecule has 0 saturated carbocycles. The second-order valence-electron chi connectivity index (χ2n) is 6.27. The molecule has 28 heavy (non-hydrogen) atoms. The van der Waals surface area contributed by atoms with E-state index in [0.29, 0.717) is 6.54 Å². The van der Waals surface area contributed by atoms with E-state index in [1.54, 1.807) is 19.1 Å². The highest BCUT2D eigenvalue weighted by Crippen LogP contribution is 2.29. The number of ether oxygens (including phenoxy) is 1. The van der Waals surface area contributed by atoms with Gasteiger partial charge in [0.25, 0.3) is 0 Å². The fourth-order valence-electron chi connectivity index (χ4n) is 2.87. The molecule has 0 unspecified atom stereocenters. The SMILES string of the molecule is CCn1c(S[C@@H](C)C(=O)N(C)c2ccccc2)nnc1-c1ccc(OC)cc1. The second-order valence-corrected chi connectivity index (χ2v) is 7.58. The summed E-state index contributed by atoms with van der Waals surface area (Å²) in [6, 6.07) is 17.3. The number of aromatic nitrogens is 3. The van der Waals surface area contributed by atoms with Gasteiger partial charge < -0.3 is 14.2 Å². The third-order valence-electron chi connectivity index (χ3n) is 4.49. The van der Waals surface area contributed by atoms with Gasteiger partial charge in [-0.05, 0) is 50.2 Å². The monoisotopic (exact) mass is 396 g/mol. The molecule has 2 aromatic carbocycles. The van der Waals surface area contributed by atoms with E-state index in [1.165, 1.54) is 11.8 Å². The Hall–Kier alpha value is -2.80. The van der Waals surface area contributed by atoms with Gasteiger partial charge in [-0.1, -0.05) is 30.0 Å². The lowest BCUT2D eigenvalue weighted by molar-refractivity contribution is -0.117. The van der Waals surface area contributed by atoms with Crippen LogP contribution in [0.4, 0.5) is 5.69 Å². The van der Waals surface area contributed by atoms with Gasteiger partial charge in [0.2, 0.25) is 5.91 Å². The van der Waals surface area contributed by atoms with E-state index in [2.05, 4.69) is 10.2 Å². The first kappa shape index (κ1) is 19.9. The van der Waals surface area contributed by atoms with Crippen LogP contribution in [-0.4, -0.2) is 40.1 Å². The van der Waals surface area contributed by atoms with Crippen LogP contribution in [0.3, 0.4) is 0 Å². The van der Waals surface area contributed by atoms with Crippen molar-refractivity contribution in [2.75, 3.05) is 19.1 Å². The van der Waals surface area contributed by atoms with E-state index in [4.69, 9.17) is 4.74 Å². The van der Waals surface area contributed by atoms with Crippen molar-refractivity contribution in [3.63, 3.8) is 0 Å². The molecular formula is C21H24N4O2S. The maximum Gasteiger partial charge on any atom is 0.240 e. The maximum atomic E-state index is 12.8. The Morgan fingerprint density at radius 2 is 1.82 bits per heavy atom. The van der Waals surface area contributed by atoms with Crippen molar-refractivity contribution >= 4 is 23.4 Å². The number of amides is 1. The quantitative estimate of drug-likeness (QED) is 0.562. The number of hydrogen-bond acceptors (Lipinski definition) is 5. The number of carbonyl (C=O) groups is 1. The summed E-state index contributed by atoms with van der Waals surface area (Å²) >= 11 is 1.42. The van der Waals surface area contributed by atoms with Crippen LogP contribution in [-0.2, 0) is 11.3 Å². The molecule has 146 valence electrons. The van der Waals surface area contributed by atoms with Crippen LogP contribution in [0.2, 0.25) is 0 Å². The fourth-order valence-corrected chi connectivity index (χ4v) is 3.88. The van der Waals surface area contributed by atoms with Crippen molar-refractivity contribution in [2.24, 2.45) is 0 Å². The van der Waals surface area contributed by atoms with E-state index in [0.717, 1.165) is 28.0 Å². The van der Waals surface area contributed by atoms with Crippen molar-refractivity contribution < 1.29 is 9.53 Å². The molecule has 3 rings (SSSR count). The first-order valence-corrected chi connectivity index (χ1v) is 10.00. The van der Waals surface area contributed by atoms with E-state index >= 15 is 0 Å². The first-order valence-electron chi connectivity index (χ1n) is 9.12. The highest BCUT2D eigenvalue weighted by Gasteiger charge is 2.23. The van der Waals surface area contributed by atoms with Crippen molar-refractivity contribution in [3.05, 3.63) is 54.6 Å². The minimum atomic E-state index is -0.288. The van der Waals surface area contributed by atoms with Gasteiger partial charge >= 0.3 is 0 Å². The number of thioether (sulfide) groups is 1. The lowest BCUT2D eigenvalue weighted by Gasteiger charge is -2.21. The zero-order valence-electron chi connectivity index (χ0n) is 16.5. The first-order chi connectivity index (χ1) is 13.5. The molecule has 0 aliphatic heterocycles. The van der Waals surface area contributed by atoms with Gasteiger partial charge in [0, 0.05) is 24.8 Å². The minimum absolute atomic E-state index is 0.0212. The van der Waals surface area contributed by atoms with Gasteiger partial charge in [-0.2, -0.15) is 0 Å². The van der Waals surface area contributed by atoms with E-state index in [1.807, 2.05) is 73.0 Å². The summed E-state index contributed by atoms with van der Waals surface area (Å²) in [6.07, 6.45) is 0. The predicted octanol–water partition coefficient (Wildman–Crippen LogP) is 4.12. The minimum Gasteiger partial charge on any atom is -0.497 e. The molecule has 7 heteroatoms. The van der Waals surface area contributed by atoms with Gasteiger partial charge in [-0.25, -0.2) is 0 Å². The lowest BCUT2D eigenvalue weighted by atomic mass is 10.2. The van der Waals surface area contributed by atoms with Crippen LogP contribution in [0.1, 0.15) is 13.8 Å². The fraction of sp³-hybridized carbons (Fsp3) is 0.286. The van der Waals surface area contributed by atoms with Crippen LogP contribution in [0.5, 0.6) is 5.75 Å². The third-order valence-corrected chi connectivity index (χ3v) is 5.55. The highest BCUT2D eigenvalue weighted by molar-refractivity contribution is 8.00. The summed E-state index contributed by atoms with van der Waals surface area (Å²) in [5.74, 6) is 1.60. The Morgan fingerprint density at radius 3 is 2.43 bits per heavy atom. The standard InChI is InChI=1S/C21H24N4O2S/c1-5-25-19(16-11-13-18(27-4)14-12-16)22-23-21(25)28-15(2)20(26)24(3)17-9-7-6-8-10-17/h6-15H,5H2,1-4H3/t15-/m0/s1. The number of para-hydroxylation sites is 1. The number of nitrogens with zero attached hydrogens (tertiary/aromatic N) is 4. The summed E-state index contributed by atoms with van der Waals surface area (Å²) in [5.41, 5.74) is 1.83. The average Bonchev–Trinajstić information content (AvgIpc) is 3.15. The van der Waals surface area contributed by atoms with Gasteiger partial charge in [-0.15, -0.1) is 10.2 Å². The summed E-state index contributed by atoms with van der Waals surface area (Å²) in [6.45, 7) is 4.66. The molecule has 0 fully saturated rings. The van der Waals surface area contributed by atoms with Crippen molar-refractivity contribution in [2.45, 2.75) is 30.8 Å². The van der Waals surface area contributed by atoms with Crippen LogP contribution >= 0.6 is 11.8 Å². The molecule has 3 aromatic rings. The summed E-state index contributed by atoms with van der Waals surface area (Å²) in [7, 11) is 3.44. The largest absolute Gasteiger partial charge is 0.497 e. The molecule has 0 N–H and O–H groups in total. The molecule has 1 heterocycles. The van der Waals surface area contributed by atoms with E-state index < -0.39 is 0 Å². The zero-order valence-corrected chi connectivity index (χ0v) is 17.3. The molecule has 0 bridgehead atoms. The smallest absolute Gasteiger partial charge is 0.240 e. The molecule has 1 amide bonds. The molecule has 1 aromatic heterocycles. The van der Waals surface area contributed by atoms with Crippen LogP contribution in [0.15, 0.2) is 59.8 Å². The number of methoxy groups -OCH3 is 1. The van der Waals surface area contributed by atoms with Crippen molar-refractivity contribution in [1.82, 2.24) is 14.8 Å². The number of carbonyl (C=O) groups excluding carboxylic acids is 1. The Bertz CT molecular complexity index is 925. The Balaban J connectivity index is 1.78. The number of benzene rings is 2. The Morgan fingerprint density at radius 1 is 1.14 bits per heavy atom. The molecule has 0 aliphatic rings. The Kier molecular flexibility index (Phi) is 6.36. The molecule has 0 radical (unpaired) electrons. The van der Waals surface area contributed by atoms with Gasteiger partial charge in [0.1, 0.15) is 5.75 Å². The molecule has 1 atom stereocenters. The van der Waals surface area contributed by atoms with Crippen LogP contribution < -0.4 is 9.64 Å². The van der Waals surface area contributed by atoms with Crippen molar-refractivity contribution in [3.8, 4) is 17.1 Å². The van der Waals surface area contributed by atoms with Crippen molar-refractivity contribution in [1.29, 1.82) is 0 Å². The zero-order chi connectivity index (χ0) is 20.1. The summed E-state index contributed by atoms with van der Waals surface area (Å²) in [5, 5.41) is 9.13. The maximum absolute atomic E-state index is 12.8. The highest BCUT2D eigenvalue weighted by atomic mass is 32.2. The predicted molar refractivity (Wildman–Crippen MR) is 113 cm³/mol. The van der Waals surface area contributed by atoms with Crippen LogP contribution in [0, 0.1) is 0 Å². The van der Waals surface area contributed by atoms with E-state index in [9.17, 15) is 4.79 Å². The molecule has 0 saturated heterocycles. The van der Waals surface area contributed by atoms with Gasteiger partial charge in [0.05, 0.1) is 12.4 Å². The normalized spacial score (nSPS) is 11.9. The molecule has 0 spiro atoms. The molecule has 6 nitrogen and oxygen atoms in total. The summed E-state index contributed by atoms with van der Waals surface area (Å²) < 4.78 is 7.24. The number of hydrogen-bond donors (Lipinski definition) is 0. The Labute approximate surface area is 169 Å². The molecule has 0 aliphatic carbocycles. The van der Waals surface area contributed by atoms with E-state index in [-0.39, 0.29) is 11.2 Å². The lowest BCUT2D eigenvalue weighted by Crippen LogP contribution is -2.33. The van der Waals surface area contributed by atoms with Crippen LogP contribution in [0.25, 0.3) is 11.4 Å². The van der Waals surface area contributed by atoms with Gasteiger partial charge in [-0.3, -0.25) is 4.79 Å². The third kappa shape index (κ3) is 4.20. The van der Waals surface area contributed by atoms with Gasteiger partial charge in [0.15, 0.2) is 11.0 Å². The topological polar surface area (TPSA) is 60.2 Å².